The van der Waals surface area contributed by atoms with Crippen LogP contribution in [0.25, 0.3) is 10.9 Å². The van der Waals surface area contributed by atoms with E-state index < -0.39 is 0 Å². The maximum absolute atomic E-state index is 12.9. The van der Waals surface area contributed by atoms with Gasteiger partial charge in [0.15, 0.2) is 0 Å². The van der Waals surface area contributed by atoms with E-state index in [1.165, 1.54) is 0 Å². The third-order valence-electron chi connectivity index (χ3n) is 5.52. The highest BCUT2D eigenvalue weighted by molar-refractivity contribution is 5.95. The molecule has 1 fully saturated rings. The van der Waals surface area contributed by atoms with Crippen molar-refractivity contribution in [2.24, 2.45) is 5.92 Å². The van der Waals surface area contributed by atoms with Crippen LogP contribution in [0.3, 0.4) is 0 Å². The van der Waals surface area contributed by atoms with Gasteiger partial charge in [-0.1, -0.05) is 18.2 Å². The van der Waals surface area contributed by atoms with Gasteiger partial charge in [-0.15, -0.1) is 0 Å². The summed E-state index contributed by atoms with van der Waals surface area (Å²) in [5.74, 6) is 0.104. The molecule has 0 saturated heterocycles. The van der Waals surface area contributed by atoms with Crippen LogP contribution in [0.5, 0.6) is 0 Å². The molecule has 5 nitrogen and oxygen atoms in total. The smallest absolute Gasteiger partial charge is 0.251 e. The Morgan fingerprint density at radius 3 is 2.54 bits per heavy atom. The minimum Gasteiger partial charge on any atom is -0.393 e. The van der Waals surface area contributed by atoms with Crippen molar-refractivity contribution < 1.29 is 9.90 Å². The Kier molecular flexibility index (Phi) is 5.01. The van der Waals surface area contributed by atoms with E-state index >= 15 is 0 Å². The van der Waals surface area contributed by atoms with E-state index in [4.69, 9.17) is 0 Å². The third-order valence-corrected chi connectivity index (χ3v) is 5.52. The summed E-state index contributed by atoms with van der Waals surface area (Å²) >= 11 is 0. The number of anilines is 1. The number of aliphatic hydroxyl groups excluding tert-OH is 1. The number of para-hydroxylation sites is 1. The van der Waals surface area contributed by atoms with Gasteiger partial charge in [-0.2, -0.15) is 0 Å². The molecule has 0 unspecified atom stereocenters. The number of hydrogen-bond donors (Lipinski definition) is 2. The number of carbonyl (C=O) groups is 1. The van der Waals surface area contributed by atoms with Crippen LogP contribution in [0.1, 0.15) is 34.8 Å². The van der Waals surface area contributed by atoms with E-state index in [2.05, 4.69) is 16.4 Å². The molecule has 28 heavy (non-hydrogen) atoms. The maximum Gasteiger partial charge on any atom is 0.251 e. The van der Waals surface area contributed by atoms with Gasteiger partial charge in [0.1, 0.15) is 0 Å². The molecule has 1 saturated carbocycles. The molecule has 0 bridgehead atoms. The number of pyridine rings is 1. The number of nitrogens with one attached hydrogen (secondary N) is 1. The van der Waals surface area contributed by atoms with Crippen molar-refractivity contribution >= 4 is 22.5 Å². The number of carbonyl (C=O) groups excluding carboxylic acids is 1. The summed E-state index contributed by atoms with van der Waals surface area (Å²) in [5, 5.41) is 14.0. The third kappa shape index (κ3) is 3.71. The summed E-state index contributed by atoms with van der Waals surface area (Å²) < 4.78 is 0. The normalized spacial score (nSPS) is 19.7. The van der Waals surface area contributed by atoms with Gasteiger partial charge in [0.05, 0.1) is 17.7 Å². The van der Waals surface area contributed by atoms with Crippen LogP contribution >= 0.6 is 0 Å². The van der Waals surface area contributed by atoms with E-state index in [-0.39, 0.29) is 24.0 Å². The van der Waals surface area contributed by atoms with E-state index in [9.17, 15) is 9.90 Å². The molecule has 0 spiro atoms. The van der Waals surface area contributed by atoms with Gasteiger partial charge >= 0.3 is 0 Å². The lowest BCUT2D eigenvalue weighted by atomic mass is 9.75. The number of nitrogens with zero attached hydrogens (tertiary/aromatic N) is 2. The number of benzene rings is 2. The fourth-order valence-electron chi connectivity index (χ4n) is 3.77. The quantitative estimate of drug-likeness (QED) is 0.716. The van der Waals surface area contributed by atoms with Crippen LogP contribution in [-0.4, -0.2) is 36.2 Å². The summed E-state index contributed by atoms with van der Waals surface area (Å²) in [6.07, 6.45) is 2.94. The highest BCUT2D eigenvalue weighted by Gasteiger charge is 2.36. The molecule has 4 rings (SSSR count). The molecular formula is C23H25N3O2. The van der Waals surface area contributed by atoms with Gasteiger partial charge in [-0.3, -0.25) is 9.78 Å². The van der Waals surface area contributed by atoms with Crippen LogP contribution in [0.15, 0.2) is 60.8 Å². The number of aliphatic hydroxyl groups is 1. The van der Waals surface area contributed by atoms with Crippen molar-refractivity contribution in [3.05, 3.63) is 71.9 Å². The first-order valence-electron chi connectivity index (χ1n) is 9.62. The molecule has 1 aliphatic carbocycles. The number of amides is 1. The van der Waals surface area contributed by atoms with Crippen molar-refractivity contribution in [3.63, 3.8) is 0 Å². The summed E-state index contributed by atoms with van der Waals surface area (Å²) in [4.78, 5) is 19.4. The van der Waals surface area contributed by atoms with E-state index in [0.29, 0.717) is 18.4 Å². The Hall–Kier alpha value is -2.92. The average molecular weight is 375 g/mol. The molecule has 2 N–H and O–H groups in total. The van der Waals surface area contributed by atoms with E-state index in [1.807, 2.05) is 73.7 Å². The molecule has 0 aliphatic heterocycles. The van der Waals surface area contributed by atoms with E-state index in [0.717, 1.165) is 22.2 Å². The number of rotatable bonds is 5. The van der Waals surface area contributed by atoms with Gasteiger partial charge in [0.2, 0.25) is 0 Å². The molecule has 1 atom stereocenters. The van der Waals surface area contributed by atoms with Gasteiger partial charge in [-0.05, 0) is 60.7 Å². The second-order valence-corrected chi connectivity index (χ2v) is 7.74. The standard InChI is InChI=1S/C23H25N3O2/c1-26(2)19-9-7-15(8-10-19)23(28)25-22(17-12-20(27)13-17)18-11-16-5-3-4-6-21(16)24-14-18/h3-11,14,17,20,22,27H,12-13H2,1-2H3,(H,25,28)/t17?,20?,22-/m0/s1. The predicted octanol–water partition coefficient (Wildman–Crippen LogP) is 3.54. The molecule has 3 aromatic rings. The minimum atomic E-state index is -0.280. The van der Waals surface area contributed by atoms with Crippen LogP contribution in [0.4, 0.5) is 5.69 Å². The van der Waals surface area contributed by atoms with E-state index in [1.54, 1.807) is 0 Å². The highest BCUT2D eigenvalue weighted by atomic mass is 16.3. The largest absolute Gasteiger partial charge is 0.393 e. The Morgan fingerprint density at radius 2 is 1.86 bits per heavy atom. The van der Waals surface area contributed by atoms with Crippen LogP contribution in [0, 0.1) is 5.92 Å². The summed E-state index contributed by atoms with van der Waals surface area (Å²) in [6.45, 7) is 0. The van der Waals surface area contributed by atoms with Crippen molar-refractivity contribution in [3.8, 4) is 0 Å². The average Bonchev–Trinajstić information content (AvgIpc) is 2.69. The Balaban J connectivity index is 1.59. The van der Waals surface area contributed by atoms with Gasteiger partial charge < -0.3 is 15.3 Å². The van der Waals surface area contributed by atoms with Crippen molar-refractivity contribution in [2.45, 2.75) is 25.0 Å². The molecule has 144 valence electrons. The first kappa shape index (κ1) is 18.4. The van der Waals surface area contributed by atoms with Crippen LogP contribution < -0.4 is 10.2 Å². The molecule has 1 aliphatic rings. The SMILES string of the molecule is CN(C)c1ccc(C(=O)N[C@H](c2cnc3ccccc3c2)C2CC(O)C2)cc1. The zero-order valence-corrected chi connectivity index (χ0v) is 16.2. The van der Waals surface area contributed by atoms with Crippen molar-refractivity contribution in [1.29, 1.82) is 0 Å². The molecule has 1 amide bonds. The molecule has 1 aromatic heterocycles. The monoisotopic (exact) mass is 375 g/mol. The predicted molar refractivity (Wildman–Crippen MR) is 111 cm³/mol. The molecule has 2 aromatic carbocycles. The lowest BCUT2D eigenvalue weighted by Gasteiger charge is -2.38. The number of fused-ring (bicyclic) bond motifs is 1. The summed E-state index contributed by atoms with van der Waals surface area (Å²) in [6, 6.07) is 17.4. The van der Waals surface area contributed by atoms with Gasteiger partial charge in [0.25, 0.3) is 5.91 Å². The topological polar surface area (TPSA) is 65.5 Å². The van der Waals surface area contributed by atoms with Crippen LogP contribution in [-0.2, 0) is 0 Å². The van der Waals surface area contributed by atoms with Gasteiger partial charge in [0, 0.05) is 36.9 Å². The first-order chi connectivity index (χ1) is 13.5. The second kappa shape index (κ2) is 7.60. The Morgan fingerprint density at radius 1 is 1.14 bits per heavy atom. The zero-order chi connectivity index (χ0) is 19.7. The minimum absolute atomic E-state index is 0.107. The number of hydrogen-bond acceptors (Lipinski definition) is 4. The first-order valence-corrected chi connectivity index (χ1v) is 9.62. The molecule has 1 heterocycles. The maximum atomic E-state index is 12.9. The summed E-state index contributed by atoms with van der Waals surface area (Å²) in [5.41, 5.74) is 3.59. The lowest BCUT2D eigenvalue weighted by molar-refractivity contribution is 0.0235. The molecule has 5 heteroatoms. The van der Waals surface area contributed by atoms with Crippen molar-refractivity contribution in [1.82, 2.24) is 10.3 Å². The fraction of sp³-hybridized carbons (Fsp3) is 0.304. The van der Waals surface area contributed by atoms with Gasteiger partial charge in [-0.25, -0.2) is 0 Å². The Bertz CT molecular complexity index is 979. The molecular weight excluding hydrogens is 350 g/mol. The number of aromatic nitrogens is 1. The van der Waals surface area contributed by atoms with Crippen LogP contribution in [0.2, 0.25) is 0 Å². The fourth-order valence-corrected chi connectivity index (χ4v) is 3.77. The molecule has 0 radical (unpaired) electrons. The Labute approximate surface area is 165 Å². The second-order valence-electron chi connectivity index (χ2n) is 7.74. The highest BCUT2D eigenvalue weighted by Crippen LogP contribution is 2.38. The summed E-state index contributed by atoms with van der Waals surface area (Å²) in [7, 11) is 3.94. The lowest BCUT2D eigenvalue weighted by Crippen LogP contribution is -2.41. The zero-order valence-electron chi connectivity index (χ0n) is 16.2. The van der Waals surface area contributed by atoms with Crippen molar-refractivity contribution in [2.75, 3.05) is 19.0 Å².